The molecule has 0 aliphatic carbocycles. The van der Waals surface area contributed by atoms with Crippen LogP contribution in [0, 0.1) is 11.8 Å². The Bertz CT molecular complexity index is 356. The Morgan fingerprint density at radius 2 is 1.65 bits per heavy atom. The van der Waals surface area contributed by atoms with Crippen LogP contribution in [0.4, 0.5) is 0 Å². The van der Waals surface area contributed by atoms with Crippen LogP contribution in [-0.4, -0.2) is 29.8 Å². The highest BCUT2D eigenvalue weighted by molar-refractivity contribution is 5.91. The first-order valence-corrected chi connectivity index (χ1v) is 7.05. The Balaban J connectivity index is 4.86. The van der Waals surface area contributed by atoms with E-state index < -0.39 is 18.0 Å². The maximum atomic E-state index is 12.2. The van der Waals surface area contributed by atoms with Crippen molar-refractivity contribution < 1.29 is 14.4 Å². The first kappa shape index (κ1) is 18.4. The predicted octanol–water partition coefficient (Wildman–Crippen LogP) is 0.553. The van der Waals surface area contributed by atoms with E-state index in [1.54, 1.807) is 0 Å². The average molecular weight is 285 g/mol. The number of rotatable bonds is 8. The van der Waals surface area contributed by atoms with Gasteiger partial charge < -0.3 is 16.4 Å². The molecule has 3 atom stereocenters. The molecule has 0 aliphatic rings. The first-order valence-electron chi connectivity index (χ1n) is 7.05. The Kier molecular flexibility index (Phi) is 7.87. The van der Waals surface area contributed by atoms with Gasteiger partial charge in [-0.2, -0.15) is 0 Å². The van der Waals surface area contributed by atoms with E-state index in [2.05, 4.69) is 10.6 Å². The summed E-state index contributed by atoms with van der Waals surface area (Å²) in [6.07, 6.45) is 1.22. The number of nitrogens with one attached hydrogen (secondary N) is 2. The summed E-state index contributed by atoms with van der Waals surface area (Å²) in [7, 11) is 0. The number of nitrogens with two attached hydrogens (primary N) is 1. The first-order chi connectivity index (χ1) is 9.18. The summed E-state index contributed by atoms with van der Waals surface area (Å²) in [6, 6.07) is -1.35. The molecule has 3 amide bonds. The van der Waals surface area contributed by atoms with Crippen LogP contribution in [0.2, 0.25) is 0 Å². The minimum Gasteiger partial charge on any atom is -0.368 e. The number of hydrogen-bond donors (Lipinski definition) is 3. The monoisotopic (exact) mass is 285 g/mol. The molecule has 0 fully saturated rings. The van der Waals surface area contributed by atoms with Crippen molar-refractivity contribution in [3.63, 3.8) is 0 Å². The van der Waals surface area contributed by atoms with Gasteiger partial charge in [-0.15, -0.1) is 0 Å². The predicted molar refractivity (Wildman–Crippen MR) is 77.6 cm³/mol. The van der Waals surface area contributed by atoms with E-state index in [1.165, 1.54) is 6.92 Å². The van der Waals surface area contributed by atoms with Gasteiger partial charge in [0.15, 0.2) is 0 Å². The second-order valence-corrected chi connectivity index (χ2v) is 5.66. The summed E-state index contributed by atoms with van der Waals surface area (Å²) in [6.45, 7) is 9.07. The van der Waals surface area contributed by atoms with Crippen LogP contribution in [0.5, 0.6) is 0 Å². The van der Waals surface area contributed by atoms with Gasteiger partial charge in [0.25, 0.3) is 0 Å². The topological polar surface area (TPSA) is 101 Å². The van der Waals surface area contributed by atoms with E-state index in [-0.39, 0.29) is 23.7 Å². The van der Waals surface area contributed by atoms with Crippen molar-refractivity contribution in [2.75, 3.05) is 0 Å². The zero-order valence-corrected chi connectivity index (χ0v) is 13.0. The van der Waals surface area contributed by atoms with Crippen LogP contribution in [0.3, 0.4) is 0 Å². The Labute approximate surface area is 120 Å². The van der Waals surface area contributed by atoms with Crippen molar-refractivity contribution in [1.82, 2.24) is 10.6 Å². The highest BCUT2D eigenvalue weighted by atomic mass is 16.2. The van der Waals surface area contributed by atoms with E-state index in [1.807, 2.05) is 27.7 Å². The molecule has 0 aromatic carbocycles. The molecule has 0 aromatic heterocycles. The number of carbonyl (C=O) groups is 3. The molecule has 3 unspecified atom stereocenters. The standard InChI is InChI=1S/C14H27N3O3/c1-6-9(4)12(16-10(5)18)14(20)17-11(13(15)19)7-8(2)3/h8-9,11-12H,6-7H2,1-5H3,(H2,15,19)(H,16,18)(H,17,20). The molecule has 0 saturated heterocycles. The lowest BCUT2D eigenvalue weighted by molar-refractivity contribution is -0.132. The number of primary amides is 1. The molecule has 116 valence electrons. The summed E-state index contributed by atoms with van der Waals surface area (Å²) in [5.74, 6) is -0.983. The van der Waals surface area contributed by atoms with E-state index in [0.29, 0.717) is 6.42 Å². The van der Waals surface area contributed by atoms with Crippen LogP contribution in [-0.2, 0) is 14.4 Å². The van der Waals surface area contributed by atoms with E-state index >= 15 is 0 Å². The molecule has 0 saturated carbocycles. The van der Waals surface area contributed by atoms with Crippen LogP contribution < -0.4 is 16.4 Å². The van der Waals surface area contributed by atoms with Gasteiger partial charge >= 0.3 is 0 Å². The molecule has 0 spiro atoms. The molecule has 0 aromatic rings. The molecule has 0 rings (SSSR count). The summed E-state index contributed by atoms with van der Waals surface area (Å²) in [5, 5.41) is 5.27. The van der Waals surface area contributed by atoms with Gasteiger partial charge in [-0.05, 0) is 18.3 Å². The molecule has 4 N–H and O–H groups in total. The van der Waals surface area contributed by atoms with Crippen molar-refractivity contribution in [2.45, 2.75) is 59.5 Å². The van der Waals surface area contributed by atoms with Crippen molar-refractivity contribution in [2.24, 2.45) is 17.6 Å². The van der Waals surface area contributed by atoms with Crippen LogP contribution in [0.25, 0.3) is 0 Å². The molecule has 6 heteroatoms. The third-order valence-electron chi connectivity index (χ3n) is 3.22. The minimum absolute atomic E-state index is 0.0218. The molecule has 0 heterocycles. The van der Waals surface area contributed by atoms with E-state index in [4.69, 9.17) is 5.73 Å². The largest absolute Gasteiger partial charge is 0.368 e. The number of hydrogen-bond acceptors (Lipinski definition) is 3. The lowest BCUT2D eigenvalue weighted by Crippen LogP contribution is -2.55. The van der Waals surface area contributed by atoms with Gasteiger partial charge in [-0.1, -0.05) is 34.1 Å². The Hall–Kier alpha value is -1.59. The highest BCUT2D eigenvalue weighted by Crippen LogP contribution is 2.10. The molecular formula is C14H27N3O3. The lowest BCUT2D eigenvalue weighted by atomic mass is 9.97. The Morgan fingerprint density at radius 3 is 2.00 bits per heavy atom. The van der Waals surface area contributed by atoms with E-state index in [0.717, 1.165) is 6.42 Å². The molecule has 6 nitrogen and oxygen atoms in total. The highest BCUT2D eigenvalue weighted by Gasteiger charge is 2.28. The fourth-order valence-corrected chi connectivity index (χ4v) is 1.90. The molecule has 20 heavy (non-hydrogen) atoms. The van der Waals surface area contributed by atoms with Crippen LogP contribution in [0.15, 0.2) is 0 Å². The van der Waals surface area contributed by atoms with Gasteiger partial charge in [0.05, 0.1) is 0 Å². The molecule has 0 radical (unpaired) electrons. The second kappa shape index (κ2) is 8.55. The molecular weight excluding hydrogens is 258 g/mol. The minimum atomic E-state index is -0.706. The molecule has 0 bridgehead atoms. The number of amides is 3. The summed E-state index contributed by atoms with van der Waals surface area (Å²) >= 11 is 0. The third kappa shape index (κ3) is 6.54. The maximum absolute atomic E-state index is 12.2. The number of carbonyl (C=O) groups excluding carboxylic acids is 3. The van der Waals surface area contributed by atoms with Crippen LogP contribution >= 0.6 is 0 Å². The Morgan fingerprint density at radius 1 is 1.10 bits per heavy atom. The third-order valence-corrected chi connectivity index (χ3v) is 3.22. The summed E-state index contributed by atoms with van der Waals surface area (Å²) in [4.78, 5) is 34.8. The van der Waals surface area contributed by atoms with Gasteiger partial charge in [-0.25, -0.2) is 0 Å². The maximum Gasteiger partial charge on any atom is 0.243 e. The fraction of sp³-hybridized carbons (Fsp3) is 0.786. The van der Waals surface area contributed by atoms with Gasteiger partial charge in [0.1, 0.15) is 12.1 Å². The average Bonchev–Trinajstić information content (AvgIpc) is 2.33. The quantitative estimate of drug-likeness (QED) is 0.607. The summed E-state index contributed by atoms with van der Waals surface area (Å²) < 4.78 is 0. The SMILES string of the molecule is CCC(C)C(NC(C)=O)C(=O)NC(CC(C)C)C(N)=O. The smallest absolute Gasteiger partial charge is 0.243 e. The van der Waals surface area contributed by atoms with Crippen LogP contribution in [0.1, 0.15) is 47.5 Å². The van der Waals surface area contributed by atoms with Gasteiger partial charge in [-0.3, -0.25) is 14.4 Å². The zero-order valence-electron chi connectivity index (χ0n) is 13.0. The second-order valence-electron chi connectivity index (χ2n) is 5.66. The van der Waals surface area contributed by atoms with Crippen molar-refractivity contribution >= 4 is 17.7 Å². The molecule has 0 aliphatic heterocycles. The van der Waals surface area contributed by atoms with Gasteiger partial charge in [0.2, 0.25) is 17.7 Å². The van der Waals surface area contributed by atoms with E-state index in [9.17, 15) is 14.4 Å². The fourth-order valence-electron chi connectivity index (χ4n) is 1.90. The van der Waals surface area contributed by atoms with Crippen molar-refractivity contribution in [1.29, 1.82) is 0 Å². The lowest BCUT2D eigenvalue weighted by Gasteiger charge is -2.25. The van der Waals surface area contributed by atoms with Gasteiger partial charge in [0, 0.05) is 6.92 Å². The zero-order chi connectivity index (χ0) is 15.9. The van der Waals surface area contributed by atoms with Crippen molar-refractivity contribution in [3.8, 4) is 0 Å². The van der Waals surface area contributed by atoms with Crippen molar-refractivity contribution in [3.05, 3.63) is 0 Å². The summed E-state index contributed by atoms with van der Waals surface area (Å²) in [5.41, 5.74) is 5.30. The normalized spacial score (nSPS) is 15.3.